The van der Waals surface area contributed by atoms with Gasteiger partial charge in [-0.1, -0.05) is 13.8 Å². The third kappa shape index (κ3) is 4.26. The third-order valence-electron chi connectivity index (χ3n) is 3.06. The van der Waals surface area contributed by atoms with Gasteiger partial charge in [-0.25, -0.2) is 13.1 Å². The van der Waals surface area contributed by atoms with Crippen molar-refractivity contribution < 1.29 is 18.3 Å². The summed E-state index contributed by atoms with van der Waals surface area (Å²) in [4.78, 5) is 11.2. The van der Waals surface area contributed by atoms with Crippen molar-refractivity contribution in [3.63, 3.8) is 0 Å². The fourth-order valence-corrected chi connectivity index (χ4v) is 2.41. The topological polar surface area (TPSA) is 115 Å². The van der Waals surface area contributed by atoms with Gasteiger partial charge in [0.05, 0.1) is 12.5 Å². The Morgan fingerprint density at radius 3 is 2.40 bits per heavy atom. The first-order valence-electron chi connectivity index (χ1n) is 6.30. The van der Waals surface area contributed by atoms with Crippen molar-refractivity contribution in [1.29, 1.82) is 0 Å². The molecule has 1 aromatic heterocycles. The Kier molecular flexibility index (Phi) is 5.21. The predicted molar refractivity (Wildman–Crippen MR) is 71.7 cm³/mol. The van der Waals surface area contributed by atoms with Crippen LogP contribution in [0.15, 0.2) is 0 Å². The van der Waals surface area contributed by atoms with E-state index in [1.165, 1.54) is 11.6 Å². The number of hydrogen-bond acceptors (Lipinski definition) is 6. The van der Waals surface area contributed by atoms with Gasteiger partial charge in [0, 0.05) is 6.26 Å². The van der Waals surface area contributed by atoms with Crippen molar-refractivity contribution in [3.8, 4) is 0 Å². The molecule has 0 saturated carbocycles. The van der Waals surface area contributed by atoms with Crippen LogP contribution in [0.1, 0.15) is 38.3 Å². The first kappa shape index (κ1) is 16.5. The average Bonchev–Trinajstić information content (AvgIpc) is 2.73. The summed E-state index contributed by atoms with van der Waals surface area (Å²) >= 11 is 0. The number of carboxylic acids is 1. The van der Waals surface area contributed by atoms with Crippen molar-refractivity contribution in [2.24, 2.45) is 11.8 Å². The van der Waals surface area contributed by atoms with Crippen molar-refractivity contribution in [2.75, 3.05) is 6.26 Å². The number of carbonyl (C=O) groups is 1. The number of aliphatic carboxylic acids is 1. The molecule has 0 amide bonds. The summed E-state index contributed by atoms with van der Waals surface area (Å²) in [7, 11) is -3.34. The van der Waals surface area contributed by atoms with Crippen LogP contribution in [0.2, 0.25) is 0 Å². The van der Waals surface area contributed by atoms with Crippen LogP contribution in [-0.2, 0) is 21.2 Å². The summed E-state index contributed by atoms with van der Waals surface area (Å²) in [6, 6.07) is 0. The molecule has 20 heavy (non-hydrogen) atoms. The molecule has 0 radical (unpaired) electrons. The van der Waals surface area contributed by atoms with E-state index in [1.807, 2.05) is 13.8 Å². The molecule has 1 heterocycles. The maximum Gasteiger partial charge on any atom is 0.308 e. The summed E-state index contributed by atoms with van der Waals surface area (Å²) in [5.41, 5.74) is 0. The number of rotatable bonds is 7. The molecule has 8 nitrogen and oxygen atoms in total. The van der Waals surface area contributed by atoms with Crippen LogP contribution in [-0.4, -0.2) is 46.0 Å². The lowest BCUT2D eigenvalue weighted by atomic mass is 9.97. The molecule has 1 rings (SSSR count). The molecular formula is C11H20N4O4S. The Hall–Kier alpha value is -1.51. The molecule has 0 aromatic carbocycles. The summed E-state index contributed by atoms with van der Waals surface area (Å²) in [6.45, 7) is 5.40. The molecule has 0 aliphatic carbocycles. The molecule has 0 fully saturated rings. The third-order valence-corrected chi connectivity index (χ3v) is 4.56. The number of nitrogens with zero attached hydrogens (tertiary/aromatic N) is 4. The second-order valence-electron chi connectivity index (χ2n) is 5.36. The lowest BCUT2D eigenvalue weighted by Crippen LogP contribution is -2.25. The minimum Gasteiger partial charge on any atom is -0.481 e. The predicted octanol–water partition coefficient (Wildman–Crippen LogP) is 0.526. The van der Waals surface area contributed by atoms with Crippen molar-refractivity contribution in [3.05, 3.63) is 5.82 Å². The van der Waals surface area contributed by atoms with Gasteiger partial charge in [0.15, 0.2) is 15.7 Å². The molecule has 0 aliphatic rings. The maximum atomic E-state index is 11.6. The van der Waals surface area contributed by atoms with E-state index in [2.05, 4.69) is 15.5 Å². The molecule has 9 heteroatoms. The molecule has 114 valence electrons. The number of hydrogen-bond donors (Lipinski definition) is 1. The second kappa shape index (κ2) is 6.29. The van der Waals surface area contributed by atoms with Gasteiger partial charge in [-0.3, -0.25) is 4.79 Å². The summed E-state index contributed by atoms with van der Waals surface area (Å²) in [6.07, 6.45) is 1.57. The Labute approximate surface area is 118 Å². The smallest absolute Gasteiger partial charge is 0.308 e. The zero-order valence-corrected chi connectivity index (χ0v) is 12.8. The minimum absolute atomic E-state index is 0.0652. The largest absolute Gasteiger partial charge is 0.481 e. The van der Waals surface area contributed by atoms with E-state index in [4.69, 9.17) is 0 Å². The van der Waals surface area contributed by atoms with E-state index >= 15 is 0 Å². The van der Waals surface area contributed by atoms with Crippen LogP contribution >= 0.6 is 0 Å². The van der Waals surface area contributed by atoms with Gasteiger partial charge in [-0.05, 0) is 29.7 Å². The molecule has 1 aromatic rings. The maximum absolute atomic E-state index is 11.6. The molecule has 2 atom stereocenters. The Morgan fingerprint density at radius 2 is 1.95 bits per heavy atom. The van der Waals surface area contributed by atoms with Gasteiger partial charge in [0.25, 0.3) is 0 Å². The number of carboxylic acid groups (broad SMARTS) is 1. The van der Waals surface area contributed by atoms with E-state index in [-0.39, 0.29) is 18.3 Å². The minimum atomic E-state index is -3.34. The molecule has 0 saturated heterocycles. The standard InChI is InChI=1S/C11H20N4O4S/c1-7(2)5-9(11(16)17)6-15-10(12-13-14-15)8(3)20(4,18)19/h7-9H,5-6H2,1-4H3,(H,16,17). The van der Waals surface area contributed by atoms with Crippen LogP contribution in [0.5, 0.6) is 0 Å². The van der Waals surface area contributed by atoms with Gasteiger partial charge >= 0.3 is 5.97 Å². The van der Waals surface area contributed by atoms with Gasteiger partial charge in [0.2, 0.25) is 0 Å². The first-order valence-corrected chi connectivity index (χ1v) is 8.26. The average molecular weight is 304 g/mol. The van der Waals surface area contributed by atoms with Crippen LogP contribution in [0.3, 0.4) is 0 Å². The van der Waals surface area contributed by atoms with Gasteiger partial charge < -0.3 is 5.11 Å². The molecule has 0 bridgehead atoms. The summed E-state index contributed by atoms with van der Waals surface area (Å²) < 4.78 is 24.4. The Balaban J connectivity index is 2.98. The van der Waals surface area contributed by atoms with E-state index in [0.717, 1.165) is 6.26 Å². The van der Waals surface area contributed by atoms with Crippen LogP contribution in [0.25, 0.3) is 0 Å². The van der Waals surface area contributed by atoms with Crippen LogP contribution in [0.4, 0.5) is 0 Å². The molecule has 0 aliphatic heterocycles. The highest BCUT2D eigenvalue weighted by atomic mass is 32.2. The number of aromatic nitrogens is 4. The SMILES string of the molecule is CC(C)CC(Cn1nnnc1C(C)S(C)(=O)=O)C(=O)O. The zero-order chi connectivity index (χ0) is 15.5. The highest BCUT2D eigenvalue weighted by Crippen LogP contribution is 2.20. The molecule has 2 unspecified atom stereocenters. The number of tetrazole rings is 1. The van der Waals surface area contributed by atoms with Crippen LogP contribution in [0, 0.1) is 11.8 Å². The van der Waals surface area contributed by atoms with Gasteiger partial charge in [0.1, 0.15) is 5.25 Å². The lowest BCUT2D eigenvalue weighted by Gasteiger charge is -2.16. The highest BCUT2D eigenvalue weighted by Gasteiger charge is 2.27. The van der Waals surface area contributed by atoms with Crippen molar-refractivity contribution >= 4 is 15.8 Å². The first-order chi connectivity index (χ1) is 9.12. The number of sulfone groups is 1. The second-order valence-corrected chi connectivity index (χ2v) is 7.72. The van der Waals surface area contributed by atoms with Gasteiger partial charge in [-0.15, -0.1) is 5.10 Å². The van der Waals surface area contributed by atoms with E-state index in [1.54, 1.807) is 0 Å². The van der Waals surface area contributed by atoms with E-state index < -0.39 is 27.0 Å². The van der Waals surface area contributed by atoms with Crippen molar-refractivity contribution in [2.45, 2.75) is 39.0 Å². The summed E-state index contributed by atoms with van der Waals surface area (Å²) in [5, 5.41) is 19.2. The normalized spacial score (nSPS) is 15.2. The molecule has 1 N–H and O–H groups in total. The Morgan fingerprint density at radius 1 is 1.35 bits per heavy atom. The lowest BCUT2D eigenvalue weighted by molar-refractivity contribution is -0.142. The quantitative estimate of drug-likeness (QED) is 0.781. The molecular weight excluding hydrogens is 284 g/mol. The van der Waals surface area contributed by atoms with Crippen molar-refractivity contribution in [1.82, 2.24) is 20.2 Å². The van der Waals surface area contributed by atoms with E-state index in [9.17, 15) is 18.3 Å². The van der Waals surface area contributed by atoms with Crippen LogP contribution < -0.4 is 0 Å². The fraction of sp³-hybridized carbons (Fsp3) is 0.818. The summed E-state index contributed by atoms with van der Waals surface area (Å²) in [5.74, 6) is -1.21. The highest BCUT2D eigenvalue weighted by molar-refractivity contribution is 7.90. The monoisotopic (exact) mass is 304 g/mol. The fourth-order valence-electron chi connectivity index (χ4n) is 1.86. The van der Waals surface area contributed by atoms with E-state index in [0.29, 0.717) is 6.42 Å². The molecule has 0 spiro atoms. The zero-order valence-electron chi connectivity index (χ0n) is 12.0. The Bertz CT molecular complexity index is 567. The van der Waals surface area contributed by atoms with Gasteiger partial charge in [-0.2, -0.15) is 0 Å².